The van der Waals surface area contributed by atoms with E-state index in [4.69, 9.17) is 5.11 Å². The van der Waals surface area contributed by atoms with Crippen LogP contribution in [-0.2, 0) is 21.3 Å². The maximum atomic E-state index is 12.0. The fourth-order valence-corrected chi connectivity index (χ4v) is 3.38. The maximum absolute atomic E-state index is 12.0. The normalized spacial score (nSPS) is 19.0. The predicted octanol–water partition coefficient (Wildman–Crippen LogP) is 1.80. The summed E-state index contributed by atoms with van der Waals surface area (Å²) in [5, 5.41) is 8.36. The van der Waals surface area contributed by atoms with Gasteiger partial charge in [0.1, 0.15) is 5.25 Å². The Morgan fingerprint density at radius 2 is 2.00 bits per heavy atom. The summed E-state index contributed by atoms with van der Waals surface area (Å²) in [4.78, 5) is 11.0. The van der Waals surface area contributed by atoms with Gasteiger partial charge in [-0.15, -0.1) is 0 Å². The van der Waals surface area contributed by atoms with Crippen molar-refractivity contribution in [3.8, 4) is 0 Å². The van der Waals surface area contributed by atoms with Gasteiger partial charge in [-0.25, -0.2) is 0 Å². The Kier molecular flexibility index (Phi) is 3.39. The van der Waals surface area contributed by atoms with Crippen molar-refractivity contribution in [1.29, 1.82) is 0 Å². The largest absolute Gasteiger partial charge is 0.480 e. The quantitative estimate of drug-likeness (QED) is 0.851. The molecule has 2 rings (SSSR count). The highest BCUT2D eigenvalue weighted by Gasteiger charge is 2.40. The van der Waals surface area contributed by atoms with Gasteiger partial charge in [0.2, 0.25) is 0 Å². The zero-order chi connectivity index (χ0) is 11.5. The predicted molar refractivity (Wildman–Crippen MR) is 62.4 cm³/mol. The molecule has 0 saturated heterocycles. The molecule has 1 aromatic rings. The molecule has 1 saturated carbocycles. The Morgan fingerprint density at radius 3 is 2.50 bits per heavy atom. The highest BCUT2D eigenvalue weighted by atomic mass is 32.2. The van der Waals surface area contributed by atoms with Crippen molar-refractivity contribution in [3.05, 3.63) is 35.9 Å². The molecule has 0 spiro atoms. The van der Waals surface area contributed by atoms with Gasteiger partial charge in [-0.3, -0.25) is 9.00 Å². The molecule has 0 aliphatic heterocycles. The molecule has 1 aromatic carbocycles. The lowest BCUT2D eigenvalue weighted by atomic mass is 10.2. The third-order valence-corrected chi connectivity index (χ3v) is 4.50. The Bertz CT molecular complexity index is 398. The van der Waals surface area contributed by atoms with E-state index in [1.54, 1.807) is 0 Å². The van der Waals surface area contributed by atoms with Crippen LogP contribution in [-0.4, -0.2) is 20.5 Å². The smallest absolute Gasteiger partial charge is 0.319 e. The van der Waals surface area contributed by atoms with Crippen LogP contribution >= 0.6 is 0 Å². The van der Waals surface area contributed by atoms with Crippen molar-refractivity contribution in [2.75, 3.05) is 0 Å². The van der Waals surface area contributed by atoms with Gasteiger partial charge in [0.25, 0.3) is 0 Å². The van der Waals surface area contributed by atoms with Crippen molar-refractivity contribution in [2.24, 2.45) is 5.92 Å². The van der Waals surface area contributed by atoms with Gasteiger partial charge >= 0.3 is 5.97 Å². The summed E-state index contributed by atoms with van der Waals surface area (Å²) in [6, 6.07) is 9.40. The molecule has 1 aliphatic rings. The highest BCUT2D eigenvalue weighted by Crippen LogP contribution is 2.36. The minimum Gasteiger partial charge on any atom is -0.480 e. The van der Waals surface area contributed by atoms with E-state index < -0.39 is 22.0 Å². The van der Waals surface area contributed by atoms with E-state index in [9.17, 15) is 9.00 Å². The maximum Gasteiger partial charge on any atom is 0.319 e. The van der Waals surface area contributed by atoms with Crippen molar-refractivity contribution in [3.63, 3.8) is 0 Å². The molecule has 3 nitrogen and oxygen atoms in total. The van der Waals surface area contributed by atoms with Crippen LogP contribution in [0.3, 0.4) is 0 Å². The minimum absolute atomic E-state index is 0.127. The second-order valence-corrected chi connectivity index (χ2v) is 5.66. The molecule has 0 bridgehead atoms. The Labute approximate surface area is 96.9 Å². The molecule has 0 aromatic heterocycles. The van der Waals surface area contributed by atoms with Crippen LogP contribution in [0.1, 0.15) is 18.4 Å². The lowest BCUT2D eigenvalue weighted by Gasteiger charge is -2.10. The topological polar surface area (TPSA) is 54.4 Å². The van der Waals surface area contributed by atoms with Gasteiger partial charge in [-0.2, -0.15) is 0 Å². The van der Waals surface area contributed by atoms with Crippen LogP contribution < -0.4 is 0 Å². The van der Waals surface area contributed by atoms with E-state index in [1.165, 1.54) is 0 Å². The van der Waals surface area contributed by atoms with Crippen molar-refractivity contribution < 1.29 is 14.1 Å². The number of benzene rings is 1. The van der Waals surface area contributed by atoms with Gasteiger partial charge in [-0.1, -0.05) is 30.3 Å². The number of hydrogen-bond donors (Lipinski definition) is 1. The molecule has 86 valence electrons. The van der Waals surface area contributed by atoms with Gasteiger partial charge in [-0.05, 0) is 24.3 Å². The molecule has 1 N–H and O–H groups in total. The number of carboxylic acids is 1. The van der Waals surface area contributed by atoms with Crippen molar-refractivity contribution in [2.45, 2.75) is 23.8 Å². The molecular formula is C12H14O3S. The van der Waals surface area contributed by atoms with E-state index in [-0.39, 0.29) is 5.92 Å². The van der Waals surface area contributed by atoms with Gasteiger partial charge < -0.3 is 5.11 Å². The molecule has 1 aliphatic carbocycles. The number of aliphatic carboxylic acids is 1. The zero-order valence-corrected chi connectivity index (χ0v) is 9.65. The van der Waals surface area contributed by atoms with Gasteiger partial charge in [0, 0.05) is 16.6 Å². The standard InChI is InChI=1S/C12H14O3S/c13-12(14)11(10-6-7-10)16(15)8-9-4-2-1-3-5-9/h1-5,10-11H,6-8H2,(H,13,14). The summed E-state index contributed by atoms with van der Waals surface area (Å²) >= 11 is 0. The summed E-state index contributed by atoms with van der Waals surface area (Å²) in [7, 11) is -1.31. The highest BCUT2D eigenvalue weighted by molar-refractivity contribution is 7.85. The second-order valence-electron chi connectivity index (χ2n) is 4.11. The number of carbonyl (C=O) groups is 1. The first-order valence-corrected chi connectivity index (χ1v) is 6.70. The van der Waals surface area contributed by atoms with Crippen LogP contribution in [0.4, 0.5) is 0 Å². The average Bonchev–Trinajstić information content (AvgIpc) is 3.03. The molecule has 16 heavy (non-hydrogen) atoms. The molecule has 0 heterocycles. The van der Waals surface area contributed by atoms with E-state index in [1.807, 2.05) is 30.3 Å². The van der Waals surface area contributed by atoms with Crippen LogP contribution in [0, 0.1) is 5.92 Å². The van der Waals surface area contributed by atoms with Crippen LogP contribution in [0.15, 0.2) is 30.3 Å². The molecule has 1 fully saturated rings. The minimum atomic E-state index is -1.31. The van der Waals surface area contributed by atoms with Crippen LogP contribution in [0.25, 0.3) is 0 Å². The van der Waals surface area contributed by atoms with Crippen molar-refractivity contribution >= 4 is 16.8 Å². The molecular weight excluding hydrogens is 224 g/mol. The average molecular weight is 238 g/mol. The first-order chi connectivity index (χ1) is 7.68. The number of rotatable bonds is 5. The molecule has 2 unspecified atom stereocenters. The first-order valence-electron chi connectivity index (χ1n) is 5.32. The third-order valence-electron chi connectivity index (χ3n) is 2.73. The van der Waals surface area contributed by atoms with Crippen LogP contribution in [0.2, 0.25) is 0 Å². The monoisotopic (exact) mass is 238 g/mol. The number of carboxylic acid groups (broad SMARTS) is 1. The van der Waals surface area contributed by atoms with E-state index in [0.29, 0.717) is 5.75 Å². The lowest BCUT2D eigenvalue weighted by molar-refractivity contribution is -0.136. The SMILES string of the molecule is O=C(O)C(C1CC1)S(=O)Cc1ccccc1. The molecule has 4 heteroatoms. The fraction of sp³-hybridized carbons (Fsp3) is 0.417. The molecule has 0 amide bonds. The summed E-state index contributed by atoms with van der Waals surface area (Å²) in [6.07, 6.45) is 1.80. The van der Waals surface area contributed by atoms with Gasteiger partial charge in [0.05, 0.1) is 0 Å². The first kappa shape index (κ1) is 11.3. The number of hydrogen-bond acceptors (Lipinski definition) is 2. The van der Waals surface area contributed by atoms with Gasteiger partial charge in [0.15, 0.2) is 0 Å². The van der Waals surface area contributed by atoms with E-state index in [2.05, 4.69) is 0 Å². The second kappa shape index (κ2) is 4.78. The van der Waals surface area contributed by atoms with Crippen LogP contribution in [0.5, 0.6) is 0 Å². The lowest BCUT2D eigenvalue weighted by Crippen LogP contribution is -2.28. The van der Waals surface area contributed by atoms with Crippen molar-refractivity contribution in [1.82, 2.24) is 0 Å². The Hall–Kier alpha value is -1.16. The molecule has 0 radical (unpaired) electrons. The summed E-state index contributed by atoms with van der Waals surface area (Å²) in [5.41, 5.74) is 0.938. The molecule has 2 atom stereocenters. The third kappa shape index (κ3) is 2.70. The zero-order valence-electron chi connectivity index (χ0n) is 8.83. The summed E-state index contributed by atoms with van der Waals surface area (Å²) < 4.78 is 12.0. The van der Waals surface area contributed by atoms with E-state index >= 15 is 0 Å². The Balaban J connectivity index is 2.04. The fourth-order valence-electron chi connectivity index (χ4n) is 1.76. The van der Waals surface area contributed by atoms with E-state index in [0.717, 1.165) is 18.4 Å². The summed E-state index contributed by atoms with van der Waals surface area (Å²) in [5.74, 6) is -0.451. The Morgan fingerprint density at radius 1 is 1.38 bits per heavy atom. The summed E-state index contributed by atoms with van der Waals surface area (Å²) in [6.45, 7) is 0.